The minimum atomic E-state index is -0.506. The maximum absolute atomic E-state index is 14.4. The maximum atomic E-state index is 14.4. The Balaban J connectivity index is 0.850. The molecule has 0 aliphatic rings. The number of benzene rings is 10. The lowest BCUT2D eigenvalue weighted by Crippen LogP contribution is -2.27. The highest BCUT2D eigenvalue weighted by atomic mass is 16.6. The van der Waals surface area contributed by atoms with Gasteiger partial charge in [0.2, 0.25) is 0 Å². The molecule has 0 spiro atoms. The summed E-state index contributed by atoms with van der Waals surface area (Å²) < 4.78 is 6.03. The molecule has 0 aliphatic heterocycles. The normalized spacial score (nSPS) is 11.7. The first kappa shape index (κ1) is 50.7. The number of carbonyl (C=O) groups is 2. The molecular formula is C63H47N11O7. The van der Waals surface area contributed by atoms with Crippen LogP contribution in [0.2, 0.25) is 0 Å². The number of fused-ring (bicyclic) bond motifs is 10. The summed E-state index contributed by atoms with van der Waals surface area (Å²) in [6.45, 7) is 1.84. The smallest absolute Gasteiger partial charge is 0.271 e. The Morgan fingerprint density at radius 3 is 1.41 bits per heavy atom. The van der Waals surface area contributed by atoms with Gasteiger partial charge in [-0.3, -0.25) is 29.8 Å². The summed E-state index contributed by atoms with van der Waals surface area (Å²) in [5, 5.41) is 49.4. The van der Waals surface area contributed by atoms with E-state index in [0.717, 1.165) is 65.8 Å². The molecule has 0 atom stereocenters. The first-order valence-corrected chi connectivity index (χ1v) is 25.6. The van der Waals surface area contributed by atoms with Crippen molar-refractivity contribution in [1.82, 2.24) is 9.97 Å². The third kappa shape index (κ3) is 9.01. The van der Waals surface area contributed by atoms with Gasteiger partial charge in [0.15, 0.2) is 5.75 Å². The number of amides is 2. The molecule has 18 nitrogen and oxygen atoms in total. The van der Waals surface area contributed by atoms with Crippen molar-refractivity contribution in [3.8, 4) is 5.75 Å². The van der Waals surface area contributed by atoms with Crippen molar-refractivity contribution in [3.05, 3.63) is 219 Å². The molecule has 2 amide bonds. The number of nitro groups is 2. The Morgan fingerprint density at radius 1 is 0.481 bits per heavy atom. The van der Waals surface area contributed by atoms with Gasteiger partial charge < -0.3 is 29.4 Å². The van der Waals surface area contributed by atoms with Gasteiger partial charge >= 0.3 is 0 Å². The van der Waals surface area contributed by atoms with Gasteiger partial charge in [0.25, 0.3) is 23.2 Å². The van der Waals surface area contributed by atoms with E-state index < -0.39 is 15.8 Å². The number of anilines is 4. The molecule has 81 heavy (non-hydrogen) atoms. The summed E-state index contributed by atoms with van der Waals surface area (Å²) in [5.74, 6) is -0.648. The predicted molar refractivity (Wildman–Crippen MR) is 319 cm³/mol. The zero-order valence-electron chi connectivity index (χ0n) is 44.2. The van der Waals surface area contributed by atoms with E-state index in [0.29, 0.717) is 56.0 Å². The lowest BCUT2D eigenvalue weighted by atomic mass is 9.96. The number of para-hydroxylation sites is 2. The van der Waals surface area contributed by atoms with Gasteiger partial charge in [-0.2, -0.15) is 10.2 Å². The Bertz CT molecular complexity index is 4650. The third-order valence-electron chi connectivity index (χ3n) is 14.9. The molecule has 12 rings (SSSR count). The highest BCUT2D eigenvalue weighted by molar-refractivity contribution is 6.24. The summed E-state index contributed by atoms with van der Waals surface area (Å²) in [7, 11) is 6.55. The van der Waals surface area contributed by atoms with Gasteiger partial charge in [0, 0.05) is 106 Å². The van der Waals surface area contributed by atoms with Crippen LogP contribution in [0.15, 0.2) is 202 Å². The number of non-ortho nitro benzene ring substituents is 2. The fourth-order valence-corrected chi connectivity index (χ4v) is 10.5. The van der Waals surface area contributed by atoms with Crippen molar-refractivity contribution in [2.45, 2.75) is 6.92 Å². The molecule has 0 saturated carbocycles. The van der Waals surface area contributed by atoms with E-state index in [1.807, 2.05) is 140 Å². The molecule has 10 aromatic carbocycles. The summed E-state index contributed by atoms with van der Waals surface area (Å²) >= 11 is 0. The van der Waals surface area contributed by atoms with Gasteiger partial charge in [0.05, 0.1) is 62.0 Å². The molecule has 18 heteroatoms. The molecule has 2 heterocycles. The highest BCUT2D eigenvalue weighted by Gasteiger charge is 2.27. The molecule has 0 aliphatic carbocycles. The number of ether oxygens (including phenoxy) is 1. The number of carbonyl (C=O) groups excluding carboxylic acids is 2. The zero-order valence-corrected chi connectivity index (χ0v) is 44.2. The van der Waals surface area contributed by atoms with E-state index in [2.05, 4.69) is 16.0 Å². The number of nitrogens with zero attached hydrogens (tertiary/aromatic N) is 9. The van der Waals surface area contributed by atoms with E-state index in [4.69, 9.17) is 25.2 Å². The van der Waals surface area contributed by atoms with Crippen LogP contribution in [0.1, 0.15) is 26.3 Å². The van der Waals surface area contributed by atoms with Gasteiger partial charge in [-0.05, 0) is 108 Å². The van der Waals surface area contributed by atoms with Crippen LogP contribution in [-0.4, -0.2) is 59.9 Å². The largest absolute Gasteiger partial charge is 0.494 e. The fraction of sp³-hybridized carbons (Fsp3) is 0.0794. The number of aromatic nitrogens is 2. The third-order valence-corrected chi connectivity index (χ3v) is 14.9. The van der Waals surface area contributed by atoms with Gasteiger partial charge in [0.1, 0.15) is 5.69 Å². The number of methoxy groups -OCH3 is 1. The van der Waals surface area contributed by atoms with Crippen LogP contribution >= 0.6 is 0 Å². The number of nitrogens with one attached hydrogen (secondary N) is 2. The second kappa shape index (κ2) is 20.3. The van der Waals surface area contributed by atoms with Crippen LogP contribution in [0.3, 0.4) is 0 Å². The Labute approximate surface area is 461 Å². The van der Waals surface area contributed by atoms with Crippen LogP contribution in [0, 0.1) is 27.2 Å². The van der Waals surface area contributed by atoms with E-state index in [9.17, 15) is 29.8 Å². The lowest BCUT2D eigenvalue weighted by Gasteiger charge is -2.20. The SMILES string of the molecule is COc1c(C(=O)N(C)c2cccc([N+](=O)[O-])c2)cc2ccc3c4ccccc4[nH]c3c2c1N=Nc1ccc(N(C)c2ccc(N=Nc3c(C)c(C(=O)N(C)c4cccc([N+](=O)[O-])c4)cc4ccc5c6ccccc6[nH]c5c34)cc2)cc1. The standard InChI is InChI=1S/C63H47N11O7/c1-36-51(62(75)71(3)43-12-10-14-45(34-43)73(77)78)32-37-20-30-49-47-16-6-8-18-53(47)64-58(49)55(37)57(36)68-66-39-22-26-41(27-23-39)70(2)42-28-24-40(25-29-42)67-69-60-56-38(21-31-50-48-17-7-9-19-54(48)65-59(50)56)33-52(61(60)81-5)63(76)72(4)44-13-11-15-46(35-44)74(79)80/h6-35,64-65H,1-5H3. The number of hydrogen-bond acceptors (Lipinski definition) is 12. The highest BCUT2D eigenvalue weighted by Crippen LogP contribution is 2.46. The van der Waals surface area contributed by atoms with Crippen molar-refractivity contribution < 1.29 is 24.2 Å². The van der Waals surface area contributed by atoms with Crippen LogP contribution in [0.25, 0.3) is 65.2 Å². The second-order valence-electron chi connectivity index (χ2n) is 19.5. The number of azo groups is 2. The van der Waals surface area contributed by atoms with Crippen molar-refractivity contribution >= 4 is 134 Å². The average Bonchev–Trinajstić information content (AvgIpc) is 4.01. The second-order valence-corrected chi connectivity index (χ2v) is 19.5. The molecule has 12 aromatic rings. The van der Waals surface area contributed by atoms with Gasteiger partial charge in [-0.15, -0.1) is 10.2 Å². The van der Waals surface area contributed by atoms with Crippen molar-refractivity contribution in [2.75, 3.05) is 43.0 Å². The number of H-pyrrole nitrogens is 2. The van der Waals surface area contributed by atoms with Crippen LogP contribution in [0.4, 0.5) is 56.9 Å². The molecule has 0 fully saturated rings. The Hall–Kier alpha value is -11.1. The molecule has 396 valence electrons. The number of hydrogen-bond donors (Lipinski definition) is 2. The average molecular weight is 1070 g/mol. The monoisotopic (exact) mass is 1070 g/mol. The Kier molecular flexibility index (Phi) is 12.7. The fourth-order valence-electron chi connectivity index (χ4n) is 10.5. The van der Waals surface area contributed by atoms with Gasteiger partial charge in [-0.25, -0.2) is 0 Å². The van der Waals surface area contributed by atoms with Crippen LogP contribution in [0.5, 0.6) is 5.75 Å². The van der Waals surface area contributed by atoms with Gasteiger partial charge in [-0.1, -0.05) is 72.8 Å². The first-order chi connectivity index (χ1) is 39.3. The van der Waals surface area contributed by atoms with E-state index >= 15 is 0 Å². The summed E-state index contributed by atoms with van der Waals surface area (Å²) in [6, 6.07) is 54.4. The summed E-state index contributed by atoms with van der Waals surface area (Å²) in [6.07, 6.45) is 0. The minimum absolute atomic E-state index is 0.125. The molecule has 2 N–H and O–H groups in total. The number of rotatable bonds is 13. The number of nitro benzene ring substituents is 2. The maximum Gasteiger partial charge on any atom is 0.271 e. The lowest BCUT2D eigenvalue weighted by molar-refractivity contribution is -0.385. The summed E-state index contributed by atoms with van der Waals surface area (Å²) in [4.78, 5) is 62.9. The van der Waals surface area contributed by atoms with Crippen molar-refractivity contribution in [2.24, 2.45) is 20.5 Å². The minimum Gasteiger partial charge on any atom is -0.494 e. The molecular weight excluding hydrogens is 1020 g/mol. The zero-order chi connectivity index (χ0) is 56.2. The predicted octanol–water partition coefficient (Wildman–Crippen LogP) is 16.5. The molecule has 2 aromatic heterocycles. The van der Waals surface area contributed by atoms with E-state index in [1.165, 1.54) is 47.2 Å². The molecule has 0 bridgehead atoms. The van der Waals surface area contributed by atoms with Crippen LogP contribution < -0.4 is 19.4 Å². The Morgan fingerprint density at radius 2 is 0.926 bits per heavy atom. The molecule has 0 unspecified atom stereocenters. The molecule has 0 radical (unpaired) electrons. The number of aromatic amines is 2. The summed E-state index contributed by atoms with van der Waals surface area (Å²) in [5.41, 5.74) is 8.73. The quantitative estimate of drug-likeness (QED) is 0.0641. The topological polar surface area (TPSA) is 220 Å². The van der Waals surface area contributed by atoms with Crippen molar-refractivity contribution in [3.63, 3.8) is 0 Å². The first-order valence-electron chi connectivity index (χ1n) is 25.6. The molecule has 0 saturated heterocycles. The van der Waals surface area contributed by atoms with Crippen LogP contribution in [-0.2, 0) is 0 Å². The van der Waals surface area contributed by atoms with E-state index in [1.54, 1.807) is 38.4 Å². The van der Waals surface area contributed by atoms with E-state index in [-0.39, 0.29) is 28.6 Å². The van der Waals surface area contributed by atoms with Crippen molar-refractivity contribution in [1.29, 1.82) is 0 Å².